The molecule has 0 fully saturated rings. The van der Waals surface area contributed by atoms with Crippen molar-refractivity contribution < 1.29 is 32.0 Å². The van der Waals surface area contributed by atoms with Crippen molar-refractivity contribution in [1.82, 2.24) is 0 Å². The molecule has 0 heterocycles. The summed E-state index contributed by atoms with van der Waals surface area (Å²) in [5, 5.41) is 11.9. The monoisotopic (exact) mass is 348 g/mol. The quantitative estimate of drug-likeness (QED) is 0.580. The van der Waals surface area contributed by atoms with Gasteiger partial charge < -0.3 is 27.7 Å². The van der Waals surface area contributed by atoms with Crippen LogP contribution in [0, 0.1) is 0 Å². The van der Waals surface area contributed by atoms with Crippen molar-refractivity contribution in [3.8, 4) is 0 Å². The van der Waals surface area contributed by atoms with Gasteiger partial charge in [0.25, 0.3) is 0 Å². The molecule has 0 spiro atoms. The van der Waals surface area contributed by atoms with E-state index in [1.807, 2.05) is 44.4 Å². The summed E-state index contributed by atoms with van der Waals surface area (Å²) in [5.74, 6) is -1.41. The average Bonchev–Trinajstić information content (AvgIpc) is 2.53. The molecule has 2 aromatic carbocycles. The number of nitrogens with one attached hydrogen (secondary N) is 2. The third-order valence-electron chi connectivity index (χ3n) is 3.53. The van der Waals surface area contributed by atoms with Gasteiger partial charge in [-0.1, -0.05) is 30.3 Å². The smallest absolute Gasteiger partial charge is 0.335 e. The van der Waals surface area contributed by atoms with E-state index in [9.17, 15) is 9.59 Å². The van der Waals surface area contributed by atoms with Gasteiger partial charge in [-0.2, -0.15) is 0 Å². The molecule has 0 saturated carbocycles. The zero-order valence-electron chi connectivity index (χ0n) is 13.6. The Morgan fingerprint density at radius 1 is 1.04 bits per heavy atom. The van der Waals surface area contributed by atoms with Crippen LogP contribution in [-0.4, -0.2) is 37.6 Å². The predicted octanol–water partition coefficient (Wildman–Crippen LogP) is -1.74. The maximum absolute atomic E-state index is 12.6. The number of carboxylic acid groups (broad SMARTS) is 1. The number of hydrogen-bond donors (Lipinski definition) is 3. The van der Waals surface area contributed by atoms with Gasteiger partial charge in [0.1, 0.15) is 5.92 Å². The fourth-order valence-electron chi connectivity index (χ4n) is 2.38. The van der Waals surface area contributed by atoms with E-state index in [1.165, 1.54) is 12.1 Å². The Balaban J connectivity index is 0.00000288. The van der Waals surface area contributed by atoms with Crippen LogP contribution >= 0.6 is 0 Å². The van der Waals surface area contributed by atoms with Crippen molar-refractivity contribution in [2.75, 3.05) is 26.0 Å². The molecule has 2 aromatic rings. The standard InChI is InChI=1S/C18H20N2O3.ClH/c1-20(2)12-16(13-8-10-14(11-9-13)18(22)23)17(21)19-15-6-4-3-5-7-15;/h3-11,16H,12H2,1-2H3,(H,19,21)(H,22,23);1H. The van der Waals surface area contributed by atoms with E-state index in [2.05, 4.69) is 5.32 Å². The summed E-state index contributed by atoms with van der Waals surface area (Å²) >= 11 is 0. The molecule has 0 aliphatic heterocycles. The molecule has 1 amide bonds. The molecule has 0 saturated heterocycles. The summed E-state index contributed by atoms with van der Waals surface area (Å²) in [6.45, 7) is 0.616. The van der Waals surface area contributed by atoms with Gasteiger partial charge in [-0.3, -0.25) is 4.79 Å². The molecule has 0 aromatic heterocycles. The van der Waals surface area contributed by atoms with Crippen molar-refractivity contribution >= 4 is 17.6 Å². The van der Waals surface area contributed by atoms with Crippen molar-refractivity contribution in [3.63, 3.8) is 0 Å². The highest BCUT2D eigenvalue weighted by Crippen LogP contribution is 2.18. The van der Waals surface area contributed by atoms with Crippen molar-refractivity contribution in [2.24, 2.45) is 0 Å². The minimum atomic E-state index is -0.972. The van der Waals surface area contributed by atoms with Crippen LogP contribution in [0.4, 0.5) is 5.69 Å². The Kier molecular flexibility index (Phi) is 7.42. The van der Waals surface area contributed by atoms with Crippen LogP contribution in [0.2, 0.25) is 0 Å². The fourth-order valence-corrected chi connectivity index (χ4v) is 2.38. The molecule has 6 heteroatoms. The number of hydrogen-bond acceptors (Lipinski definition) is 2. The van der Waals surface area contributed by atoms with Crippen LogP contribution in [0.15, 0.2) is 54.6 Å². The second kappa shape index (κ2) is 9.05. The van der Waals surface area contributed by atoms with E-state index in [4.69, 9.17) is 5.11 Å². The molecular formula is C18H21ClN2O3. The number of carbonyl (C=O) groups excluding carboxylic acids is 1. The number of amides is 1. The third-order valence-corrected chi connectivity index (χ3v) is 3.53. The van der Waals surface area contributed by atoms with E-state index >= 15 is 0 Å². The molecule has 2 rings (SSSR count). The molecule has 0 aliphatic carbocycles. The molecule has 24 heavy (non-hydrogen) atoms. The lowest BCUT2D eigenvalue weighted by Crippen LogP contribution is -3.06. The van der Waals surface area contributed by atoms with Crippen molar-refractivity contribution in [2.45, 2.75) is 5.92 Å². The van der Waals surface area contributed by atoms with Crippen LogP contribution in [-0.2, 0) is 4.79 Å². The molecule has 1 unspecified atom stereocenters. The number of halogens is 1. The van der Waals surface area contributed by atoms with Gasteiger partial charge in [-0.15, -0.1) is 0 Å². The Morgan fingerprint density at radius 2 is 1.62 bits per heavy atom. The molecule has 3 N–H and O–H groups in total. The fraction of sp³-hybridized carbons (Fsp3) is 0.222. The number of para-hydroxylation sites is 1. The summed E-state index contributed by atoms with van der Waals surface area (Å²) in [5.41, 5.74) is 1.77. The van der Waals surface area contributed by atoms with Crippen LogP contribution in [0.3, 0.4) is 0 Å². The lowest BCUT2D eigenvalue weighted by Gasteiger charge is -2.19. The summed E-state index contributed by atoms with van der Waals surface area (Å²) in [4.78, 5) is 24.7. The predicted molar refractivity (Wildman–Crippen MR) is 88.9 cm³/mol. The molecule has 0 bridgehead atoms. The van der Waals surface area contributed by atoms with E-state index in [0.717, 1.165) is 16.2 Å². The Bertz CT molecular complexity index is 672. The van der Waals surface area contributed by atoms with Gasteiger partial charge in [-0.25, -0.2) is 4.79 Å². The van der Waals surface area contributed by atoms with E-state index in [-0.39, 0.29) is 29.8 Å². The highest BCUT2D eigenvalue weighted by molar-refractivity contribution is 5.96. The zero-order chi connectivity index (χ0) is 16.8. The Hall–Kier alpha value is -2.37. The molecule has 0 aliphatic rings. The molecular weight excluding hydrogens is 328 g/mol. The third kappa shape index (κ3) is 5.37. The van der Waals surface area contributed by atoms with Gasteiger partial charge in [0.15, 0.2) is 0 Å². The maximum Gasteiger partial charge on any atom is 0.335 e. The van der Waals surface area contributed by atoms with Gasteiger partial charge in [-0.05, 0) is 29.8 Å². The number of anilines is 1. The van der Waals surface area contributed by atoms with E-state index in [1.54, 1.807) is 12.1 Å². The van der Waals surface area contributed by atoms with Crippen LogP contribution in [0.1, 0.15) is 21.8 Å². The highest BCUT2D eigenvalue weighted by atomic mass is 35.5. The molecule has 5 nitrogen and oxygen atoms in total. The number of aromatic carboxylic acids is 1. The molecule has 0 radical (unpaired) electrons. The number of benzene rings is 2. The van der Waals surface area contributed by atoms with E-state index < -0.39 is 5.97 Å². The van der Waals surface area contributed by atoms with Gasteiger partial charge in [0.05, 0.1) is 26.2 Å². The van der Waals surface area contributed by atoms with Crippen LogP contribution < -0.4 is 22.6 Å². The van der Waals surface area contributed by atoms with Crippen molar-refractivity contribution in [1.29, 1.82) is 0 Å². The largest absolute Gasteiger partial charge is 1.00 e. The molecule has 1 atom stereocenters. The van der Waals surface area contributed by atoms with Gasteiger partial charge >= 0.3 is 5.97 Å². The lowest BCUT2D eigenvalue weighted by atomic mass is 9.96. The zero-order valence-corrected chi connectivity index (χ0v) is 14.4. The maximum atomic E-state index is 12.6. The first kappa shape index (κ1) is 19.7. The summed E-state index contributed by atoms with van der Waals surface area (Å²) in [6.07, 6.45) is 0. The lowest BCUT2D eigenvalue weighted by molar-refractivity contribution is -0.858. The highest BCUT2D eigenvalue weighted by Gasteiger charge is 2.24. The Morgan fingerprint density at radius 3 is 2.12 bits per heavy atom. The number of quaternary nitrogens is 1. The number of likely N-dealkylation sites (N-methyl/N-ethyl adjacent to an activating group) is 1. The first-order valence-corrected chi connectivity index (χ1v) is 7.45. The normalized spacial score (nSPS) is 11.5. The van der Waals surface area contributed by atoms with Gasteiger partial charge in [0.2, 0.25) is 5.91 Å². The van der Waals surface area contributed by atoms with Crippen LogP contribution in [0.5, 0.6) is 0 Å². The second-order valence-electron chi connectivity index (χ2n) is 5.75. The Labute approximate surface area is 147 Å². The second-order valence-corrected chi connectivity index (χ2v) is 5.75. The molecule has 128 valence electrons. The first-order chi connectivity index (χ1) is 11.0. The number of rotatable bonds is 6. The average molecular weight is 349 g/mol. The van der Waals surface area contributed by atoms with E-state index in [0.29, 0.717) is 6.54 Å². The van der Waals surface area contributed by atoms with Crippen LogP contribution in [0.25, 0.3) is 0 Å². The number of carbonyl (C=O) groups is 2. The van der Waals surface area contributed by atoms with Crippen molar-refractivity contribution in [3.05, 3.63) is 65.7 Å². The summed E-state index contributed by atoms with van der Waals surface area (Å²) in [6, 6.07) is 15.8. The minimum absolute atomic E-state index is 0. The first-order valence-electron chi connectivity index (χ1n) is 7.45. The minimum Gasteiger partial charge on any atom is -1.00 e. The number of carboxylic acids is 1. The topological polar surface area (TPSA) is 70.8 Å². The summed E-state index contributed by atoms with van der Waals surface area (Å²) in [7, 11) is 3.96. The SMILES string of the molecule is C[NH+](C)CC(C(=O)Nc1ccccc1)c1ccc(C(=O)O)cc1.[Cl-]. The summed E-state index contributed by atoms with van der Waals surface area (Å²) < 4.78 is 0. The van der Waals surface area contributed by atoms with Gasteiger partial charge in [0, 0.05) is 5.69 Å².